The first-order chi connectivity index (χ1) is 6.35. The summed E-state index contributed by atoms with van der Waals surface area (Å²) in [5.74, 6) is 1.19. The van der Waals surface area contributed by atoms with E-state index in [-0.39, 0.29) is 0 Å². The van der Waals surface area contributed by atoms with Crippen LogP contribution in [0.3, 0.4) is 0 Å². The number of rotatable bonds is 8. The van der Waals surface area contributed by atoms with Crippen molar-refractivity contribution >= 4 is 11.8 Å². The molecule has 0 aromatic rings. The summed E-state index contributed by atoms with van der Waals surface area (Å²) in [6.45, 7) is 3.27. The minimum atomic E-state index is 0.650. The minimum Gasteiger partial charge on any atom is -0.313 e. The van der Waals surface area contributed by atoms with Crippen LogP contribution in [0, 0.1) is 11.3 Å². The summed E-state index contributed by atoms with van der Waals surface area (Å²) in [5, 5.41) is 11.8. The Balaban J connectivity index is 3.23. The average Bonchev–Trinajstić information content (AvgIpc) is 2.16. The van der Waals surface area contributed by atoms with E-state index in [9.17, 15) is 0 Å². The molecule has 0 saturated carbocycles. The normalized spacial score (nSPS) is 12.4. The molecular formula is C10H20N2S. The number of hydrogen-bond acceptors (Lipinski definition) is 3. The fraction of sp³-hybridized carbons (Fsp3) is 0.900. The Morgan fingerprint density at radius 1 is 1.46 bits per heavy atom. The van der Waals surface area contributed by atoms with Crippen LogP contribution in [0.15, 0.2) is 0 Å². The zero-order valence-electron chi connectivity index (χ0n) is 8.68. The molecule has 0 heterocycles. The summed E-state index contributed by atoms with van der Waals surface area (Å²) in [6.07, 6.45) is 6.18. The van der Waals surface area contributed by atoms with E-state index in [2.05, 4.69) is 24.6 Å². The topological polar surface area (TPSA) is 35.8 Å². The van der Waals surface area contributed by atoms with Gasteiger partial charge in [-0.05, 0) is 32.1 Å². The van der Waals surface area contributed by atoms with Crippen molar-refractivity contribution in [2.24, 2.45) is 0 Å². The van der Waals surface area contributed by atoms with Crippen LogP contribution in [0.1, 0.15) is 32.6 Å². The van der Waals surface area contributed by atoms with Crippen molar-refractivity contribution in [1.29, 1.82) is 5.26 Å². The second kappa shape index (κ2) is 9.88. The molecule has 0 spiro atoms. The summed E-state index contributed by atoms with van der Waals surface area (Å²) in [7, 11) is 0. The lowest BCUT2D eigenvalue weighted by Gasteiger charge is -2.14. The van der Waals surface area contributed by atoms with Gasteiger partial charge in [-0.3, -0.25) is 0 Å². The number of nitrogens with zero attached hydrogens (tertiary/aromatic N) is 1. The maximum Gasteiger partial charge on any atom is 0.0621 e. The quantitative estimate of drug-likeness (QED) is 0.611. The summed E-state index contributed by atoms with van der Waals surface area (Å²) in [5.41, 5.74) is 0. The first-order valence-electron chi connectivity index (χ1n) is 4.94. The number of unbranched alkanes of at least 4 members (excludes halogenated alkanes) is 2. The first-order valence-corrected chi connectivity index (χ1v) is 6.33. The smallest absolute Gasteiger partial charge is 0.0621 e. The van der Waals surface area contributed by atoms with Crippen molar-refractivity contribution < 1.29 is 0 Å². The Hall–Kier alpha value is -0.200. The van der Waals surface area contributed by atoms with Crippen molar-refractivity contribution in [2.45, 2.75) is 38.6 Å². The zero-order chi connectivity index (χ0) is 9.94. The molecule has 0 aromatic carbocycles. The van der Waals surface area contributed by atoms with E-state index in [1.807, 2.05) is 11.8 Å². The molecule has 13 heavy (non-hydrogen) atoms. The van der Waals surface area contributed by atoms with E-state index in [1.165, 1.54) is 12.2 Å². The van der Waals surface area contributed by atoms with Gasteiger partial charge in [0.1, 0.15) is 0 Å². The third kappa shape index (κ3) is 8.14. The van der Waals surface area contributed by atoms with Crippen LogP contribution in [0.25, 0.3) is 0 Å². The second-order valence-corrected chi connectivity index (χ2v) is 4.04. The van der Waals surface area contributed by atoms with Gasteiger partial charge in [-0.2, -0.15) is 17.0 Å². The van der Waals surface area contributed by atoms with Gasteiger partial charge >= 0.3 is 0 Å². The number of nitriles is 1. The Labute approximate surface area is 86.1 Å². The van der Waals surface area contributed by atoms with Gasteiger partial charge in [-0.1, -0.05) is 6.92 Å². The van der Waals surface area contributed by atoms with Crippen LogP contribution in [-0.2, 0) is 0 Å². The summed E-state index contributed by atoms with van der Waals surface area (Å²) < 4.78 is 0. The Morgan fingerprint density at radius 3 is 2.77 bits per heavy atom. The number of nitrogens with one attached hydrogen (secondary N) is 1. The molecule has 1 N–H and O–H groups in total. The van der Waals surface area contributed by atoms with Crippen LogP contribution in [-0.4, -0.2) is 24.6 Å². The van der Waals surface area contributed by atoms with Crippen molar-refractivity contribution in [3.05, 3.63) is 0 Å². The molecule has 3 heteroatoms. The molecule has 76 valence electrons. The molecule has 0 saturated heterocycles. The van der Waals surface area contributed by atoms with Gasteiger partial charge in [0.2, 0.25) is 0 Å². The highest BCUT2D eigenvalue weighted by Crippen LogP contribution is 2.01. The molecule has 0 aliphatic rings. The maximum atomic E-state index is 8.33. The van der Waals surface area contributed by atoms with Gasteiger partial charge in [0.05, 0.1) is 6.07 Å². The average molecular weight is 200 g/mol. The van der Waals surface area contributed by atoms with E-state index < -0.39 is 0 Å². The lowest BCUT2D eigenvalue weighted by molar-refractivity contribution is 0.524. The maximum absolute atomic E-state index is 8.33. The highest BCUT2D eigenvalue weighted by atomic mass is 32.2. The first kappa shape index (κ1) is 12.8. The van der Waals surface area contributed by atoms with Crippen LogP contribution in [0.2, 0.25) is 0 Å². The summed E-state index contributed by atoms with van der Waals surface area (Å²) in [6, 6.07) is 2.81. The molecule has 0 aliphatic carbocycles. The highest BCUT2D eigenvalue weighted by Gasteiger charge is 2.02. The van der Waals surface area contributed by atoms with Crippen LogP contribution < -0.4 is 5.32 Å². The van der Waals surface area contributed by atoms with E-state index >= 15 is 0 Å². The summed E-state index contributed by atoms with van der Waals surface area (Å²) in [4.78, 5) is 0. The zero-order valence-corrected chi connectivity index (χ0v) is 9.49. The molecule has 0 bridgehead atoms. The Bertz CT molecular complexity index is 142. The van der Waals surface area contributed by atoms with Gasteiger partial charge in [0.25, 0.3) is 0 Å². The van der Waals surface area contributed by atoms with E-state index in [4.69, 9.17) is 5.26 Å². The van der Waals surface area contributed by atoms with Gasteiger partial charge < -0.3 is 5.32 Å². The molecular weight excluding hydrogens is 180 g/mol. The largest absolute Gasteiger partial charge is 0.313 e. The molecule has 1 atom stereocenters. The Morgan fingerprint density at radius 2 is 2.23 bits per heavy atom. The van der Waals surface area contributed by atoms with Gasteiger partial charge in [0.15, 0.2) is 0 Å². The molecule has 0 rings (SSSR count). The predicted molar refractivity (Wildman–Crippen MR) is 59.9 cm³/mol. The standard InChI is InChI=1S/C10H20N2S/c1-3-10(9-13-2)12-8-6-4-5-7-11/h10,12H,3-6,8-9H2,1-2H3. The SMILES string of the molecule is CCC(CSC)NCCCCC#N. The molecule has 1 unspecified atom stereocenters. The molecule has 0 amide bonds. The predicted octanol–water partition coefficient (Wildman–Crippen LogP) is 2.41. The number of hydrogen-bond donors (Lipinski definition) is 1. The third-order valence-corrected chi connectivity index (χ3v) is 2.74. The molecule has 2 nitrogen and oxygen atoms in total. The van der Waals surface area contributed by atoms with Crippen molar-refractivity contribution in [3.8, 4) is 6.07 Å². The summed E-state index contributed by atoms with van der Waals surface area (Å²) >= 11 is 1.89. The highest BCUT2D eigenvalue weighted by molar-refractivity contribution is 7.98. The van der Waals surface area contributed by atoms with E-state index in [0.29, 0.717) is 12.5 Å². The van der Waals surface area contributed by atoms with Crippen LogP contribution in [0.4, 0.5) is 0 Å². The third-order valence-electron chi connectivity index (χ3n) is 2.01. The van der Waals surface area contributed by atoms with Crippen molar-refractivity contribution in [2.75, 3.05) is 18.6 Å². The second-order valence-electron chi connectivity index (χ2n) is 3.13. The van der Waals surface area contributed by atoms with Gasteiger partial charge in [-0.15, -0.1) is 0 Å². The molecule has 0 radical (unpaired) electrons. The molecule has 0 aromatic heterocycles. The Kier molecular flexibility index (Phi) is 9.73. The fourth-order valence-electron chi connectivity index (χ4n) is 1.16. The minimum absolute atomic E-state index is 0.650. The van der Waals surface area contributed by atoms with Crippen LogP contribution in [0.5, 0.6) is 0 Å². The monoisotopic (exact) mass is 200 g/mol. The molecule has 0 aliphatic heterocycles. The van der Waals surface area contributed by atoms with Gasteiger partial charge in [0, 0.05) is 18.2 Å². The lowest BCUT2D eigenvalue weighted by Crippen LogP contribution is -2.31. The fourth-order valence-corrected chi connectivity index (χ4v) is 1.91. The lowest BCUT2D eigenvalue weighted by atomic mass is 10.2. The van der Waals surface area contributed by atoms with Crippen molar-refractivity contribution in [3.63, 3.8) is 0 Å². The van der Waals surface area contributed by atoms with E-state index in [1.54, 1.807) is 0 Å². The number of thioether (sulfide) groups is 1. The molecule has 0 fully saturated rings. The van der Waals surface area contributed by atoms with Gasteiger partial charge in [-0.25, -0.2) is 0 Å². The van der Waals surface area contributed by atoms with Crippen molar-refractivity contribution in [1.82, 2.24) is 5.32 Å². The van der Waals surface area contributed by atoms with E-state index in [0.717, 1.165) is 19.4 Å². The van der Waals surface area contributed by atoms with Crippen LogP contribution >= 0.6 is 11.8 Å².